The molecule has 0 unspecified atom stereocenters. The Morgan fingerprint density at radius 1 is 1.23 bits per heavy atom. The van der Waals surface area contributed by atoms with E-state index in [4.69, 9.17) is 5.73 Å². The minimum Gasteiger partial charge on any atom is -0.366 e. The zero-order valence-electron chi connectivity index (χ0n) is 15.3. The SMILES string of the molecule is NC(=O)c1ccc(CCn2ccnc2)cc1C1=CCC2(CCCC2)CC1. The Balaban J connectivity index is 1.57. The molecule has 1 heterocycles. The van der Waals surface area contributed by atoms with Gasteiger partial charge in [0.15, 0.2) is 0 Å². The minimum atomic E-state index is -0.330. The number of nitrogens with two attached hydrogens (primary N) is 1. The molecule has 1 aromatic carbocycles. The van der Waals surface area contributed by atoms with E-state index in [1.54, 1.807) is 6.20 Å². The molecule has 1 spiro atoms. The summed E-state index contributed by atoms with van der Waals surface area (Å²) in [4.78, 5) is 16.0. The van der Waals surface area contributed by atoms with Crippen LogP contribution >= 0.6 is 0 Å². The normalized spacial score (nSPS) is 18.8. The third-order valence-corrected chi connectivity index (χ3v) is 6.28. The molecule has 1 saturated carbocycles. The first-order valence-electron chi connectivity index (χ1n) is 9.73. The average Bonchev–Trinajstić information content (AvgIpc) is 3.33. The van der Waals surface area contributed by atoms with Gasteiger partial charge in [-0.05, 0) is 66.7 Å². The molecular formula is C22H27N3O. The number of carbonyl (C=O) groups excluding carboxylic acids is 1. The zero-order chi connectivity index (χ0) is 18.0. The fraction of sp³-hybridized carbons (Fsp3) is 0.455. The monoisotopic (exact) mass is 349 g/mol. The van der Waals surface area contributed by atoms with Crippen molar-refractivity contribution < 1.29 is 4.79 Å². The second kappa shape index (κ2) is 7.10. The number of nitrogens with zero attached hydrogens (tertiary/aromatic N) is 2. The first kappa shape index (κ1) is 17.1. The molecule has 0 bridgehead atoms. The fourth-order valence-corrected chi connectivity index (χ4v) is 4.67. The second-order valence-electron chi connectivity index (χ2n) is 7.94. The molecule has 4 heteroatoms. The maximum absolute atomic E-state index is 12.0. The van der Waals surface area contributed by atoms with Crippen molar-refractivity contribution in [2.24, 2.45) is 11.1 Å². The summed E-state index contributed by atoms with van der Waals surface area (Å²) in [5.41, 5.74) is 10.4. The van der Waals surface area contributed by atoms with Crippen molar-refractivity contribution in [2.75, 3.05) is 0 Å². The van der Waals surface area contributed by atoms with E-state index in [1.165, 1.54) is 43.2 Å². The number of carbonyl (C=O) groups is 1. The number of rotatable bonds is 5. The average molecular weight is 349 g/mol. The highest BCUT2D eigenvalue weighted by atomic mass is 16.1. The molecule has 26 heavy (non-hydrogen) atoms. The Kier molecular flexibility index (Phi) is 4.66. The number of allylic oxidation sites excluding steroid dienone is 2. The summed E-state index contributed by atoms with van der Waals surface area (Å²) in [5.74, 6) is -0.330. The number of aromatic nitrogens is 2. The van der Waals surface area contributed by atoms with Crippen LogP contribution in [0.5, 0.6) is 0 Å². The lowest BCUT2D eigenvalue weighted by molar-refractivity contribution is 0.1000. The van der Waals surface area contributed by atoms with Gasteiger partial charge in [0.1, 0.15) is 0 Å². The molecule has 4 rings (SSSR count). The van der Waals surface area contributed by atoms with Crippen molar-refractivity contribution >= 4 is 11.5 Å². The summed E-state index contributed by atoms with van der Waals surface area (Å²) >= 11 is 0. The number of primary amides is 1. The van der Waals surface area contributed by atoms with Crippen molar-refractivity contribution in [1.29, 1.82) is 0 Å². The Morgan fingerprint density at radius 2 is 2.08 bits per heavy atom. The highest BCUT2D eigenvalue weighted by molar-refractivity contribution is 5.98. The molecule has 136 valence electrons. The number of amides is 1. The summed E-state index contributed by atoms with van der Waals surface area (Å²) in [5, 5.41) is 0. The van der Waals surface area contributed by atoms with Gasteiger partial charge in [-0.3, -0.25) is 4.79 Å². The van der Waals surface area contributed by atoms with Gasteiger partial charge in [0.25, 0.3) is 0 Å². The van der Waals surface area contributed by atoms with E-state index >= 15 is 0 Å². The van der Waals surface area contributed by atoms with E-state index in [2.05, 4.69) is 21.7 Å². The van der Waals surface area contributed by atoms with Gasteiger partial charge in [-0.25, -0.2) is 4.98 Å². The molecule has 4 nitrogen and oxygen atoms in total. The molecule has 1 aromatic heterocycles. The zero-order valence-corrected chi connectivity index (χ0v) is 15.3. The Hall–Kier alpha value is -2.36. The molecule has 0 saturated heterocycles. The number of imidazole rings is 1. The fourth-order valence-electron chi connectivity index (χ4n) is 4.67. The van der Waals surface area contributed by atoms with Crippen LogP contribution in [0.1, 0.15) is 66.4 Å². The standard InChI is InChI=1S/C22H27N3O/c23-21(26)19-4-3-17(7-13-25-14-12-24-16-25)15-20(19)18-5-10-22(11-6-18)8-1-2-9-22/h3-5,12,14-16H,1-2,6-11,13H2,(H2,23,26). The van der Waals surface area contributed by atoms with E-state index in [0.29, 0.717) is 11.0 Å². The molecule has 1 fully saturated rings. The van der Waals surface area contributed by atoms with E-state index < -0.39 is 0 Å². The van der Waals surface area contributed by atoms with Crippen LogP contribution < -0.4 is 5.73 Å². The Morgan fingerprint density at radius 3 is 2.73 bits per heavy atom. The van der Waals surface area contributed by atoms with Crippen LogP contribution in [0.25, 0.3) is 5.57 Å². The largest absolute Gasteiger partial charge is 0.366 e. The molecule has 0 radical (unpaired) electrons. The van der Waals surface area contributed by atoms with Crippen molar-refractivity contribution in [3.8, 4) is 0 Å². The van der Waals surface area contributed by atoms with Crippen LogP contribution in [0.15, 0.2) is 43.0 Å². The first-order chi connectivity index (χ1) is 12.7. The molecule has 2 aromatic rings. The first-order valence-corrected chi connectivity index (χ1v) is 9.73. The number of aryl methyl sites for hydroxylation is 2. The highest BCUT2D eigenvalue weighted by Gasteiger charge is 2.35. The summed E-state index contributed by atoms with van der Waals surface area (Å²) in [6.07, 6.45) is 17.9. The van der Waals surface area contributed by atoms with Gasteiger partial charge in [-0.15, -0.1) is 0 Å². The van der Waals surface area contributed by atoms with Gasteiger partial charge in [-0.1, -0.05) is 31.1 Å². The molecule has 2 aliphatic rings. The molecular weight excluding hydrogens is 322 g/mol. The van der Waals surface area contributed by atoms with Gasteiger partial charge >= 0.3 is 0 Å². The van der Waals surface area contributed by atoms with E-state index in [9.17, 15) is 4.79 Å². The third-order valence-electron chi connectivity index (χ3n) is 6.28. The van der Waals surface area contributed by atoms with Gasteiger partial charge in [0, 0.05) is 24.5 Å². The highest BCUT2D eigenvalue weighted by Crippen LogP contribution is 2.49. The van der Waals surface area contributed by atoms with Gasteiger partial charge in [0.05, 0.1) is 6.33 Å². The molecule has 2 N–H and O–H groups in total. The Bertz CT molecular complexity index is 814. The van der Waals surface area contributed by atoms with Crippen LogP contribution in [0.4, 0.5) is 0 Å². The van der Waals surface area contributed by atoms with Crippen LogP contribution in [0.3, 0.4) is 0 Å². The van der Waals surface area contributed by atoms with Crippen LogP contribution in [0, 0.1) is 5.41 Å². The van der Waals surface area contributed by atoms with Gasteiger partial charge in [0.2, 0.25) is 5.91 Å². The Labute approximate surface area is 155 Å². The van der Waals surface area contributed by atoms with Crippen molar-refractivity contribution in [2.45, 2.75) is 57.9 Å². The molecule has 0 atom stereocenters. The molecule has 2 aliphatic carbocycles. The molecule has 0 aliphatic heterocycles. The summed E-state index contributed by atoms with van der Waals surface area (Å²) in [6, 6.07) is 6.11. The predicted octanol–water partition coefficient (Wildman–Crippen LogP) is 4.35. The number of hydrogen-bond donors (Lipinski definition) is 1. The van der Waals surface area contributed by atoms with Crippen molar-refractivity contribution in [1.82, 2.24) is 9.55 Å². The lowest BCUT2D eigenvalue weighted by Crippen LogP contribution is -2.20. The van der Waals surface area contributed by atoms with Crippen LogP contribution in [0.2, 0.25) is 0 Å². The van der Waals surface area contributed by atoms with Crippen LogP contribution in [-0.2, 0) is 13.0 Å². The second-order valence-corrected chi connectivity index (χ2v) is 7.94. The summed E-state index contributed by atoms with van der Waals surface area (Å²) in [7, 11) is 0. The smallest absolute Gasteiger partial charge is 0.249 e. The lowest BCUT2D eigenvalue weighted by Gasteiger charge is -2.33. The number of hydrogen-bond acceptors (Lipinski definition) is 2. The van der Waals surface area contributed by atoms with Gasteiger partial charge < -0.3 is 10.3 Å². The number of benzene rings is 1. The third kappa shape index (κ3) is 3.46. The maximum Gasteiger partial charge on any atom is 0.249 e. The van der Waals surface area contributed by atoms with Crippen molar-refractivity contribution in [3.05, 3.63) is 59.7 Å². The quantitative estimate of drug-likeness (QED) is 0.872. The minimum absolute atomic E-state index is 0.330. The summed E-state index contributed by atoms with van der Waals surface area (Å²) < 4.78 is 2.07. The van der Waals surface area contributed by atoms with E-state index in [1.807, 2.05) is 24.7 Å². The topological polar surface area (TPSA) is 60.9 Å². The predicted molar refractivity (Wildman–Crippen MR) is 104 cm³/mol. The van der Waals surface area contributed by atoms with E-state index in [0.717, 1.165) is 31.4 Å². The van der Waals surface area contributed by atoms with E-state index in [-0.39, 0.29) is 5.91 Å². The van der Waals surface area contributed by atoms with Gasteiger partial charge in [-0.2, -0.15) is 0 Å². The van der Waals surface area contributed by atoms with Crippen molar-refractivity contribution in [3.63, 3.8) is 0 Å². The lowest BCUT2D eigenvalue weighted by atomic mass is 9.72. The van der Waals surface area contributed by atoms with Crippen LogP contribution in [-0.4, -0.2) is 15.5 Å². The maximum atomic E-state index is 12.0. The molecule has 1 amide bonds. The summed E-state index contributed by atoms with van der Waals surface area (Å²) in [6.45, 7) is 0.886.